The second kappa shape index (κ2) is 7.07. The normalized spacial score (nSPS) is 10.3. The third kappa shape index (κ3) is 4.17. The molecule has 0 spiro atoms. The molecule has 0 aliphatic carbocycles. The number of carbonyl (C=O) groups excluding carboxylic acids is 1. The van der Waals surface area contributed by atoms with E-state index in [0.717, 1.165) is 5.56 Å². The maximum absolute atomic E-state index is 12.2. The highest BCUT2D eigenvalue weighted by Gasteiger charge is 2.06. The number of amides is 1. The van der Waals surface area contributed by atoms with E-state index in [1.54, 1.807) is 30.5 Å². The number of hydrogen-bond acceptors (Lipinski definition) is 4. The Morgan fingerprint density at radius 3 is 2.52 bits per heavy atom. The van der Waals surface area contributed by atoms with Gasteiger partial charge in [-0.2, -0.15) is 0 Å². The highest BCUT2D eigenvalue weighted by Crippen LogP contribution is 2.23. The molecule has 0 fully saturated rings. The van der Waals surface area contributed by atoms with Crippen molar-refractivity contribution in [2.45, 2.75) is 13.5 Å². The number of nitrogens with one attached hydrogen (secondary N) is 1. The third-order valence-electron chi connectivity index (χ3n) is 3.30. The van der Waals surface area contributed by atoms with Crippen LogP contribution in [0.15, 0.2) is 60.1 Å². The van der Waals surface area contributed by atoms with Gasteiger partial charge in [0.05, 0.1) is 0 Å². The molecule has 116 valence electrons. The van der Waals surface area contributed by atoms with Crippen LogP contribution in [0.1, 0.15) is 21.5 Å². The minimum Gasteiger partial charge on any atom is -0.431 e. The smallest absolute Gasteiger partial charge is 0.278 e. The van der Waals surface area contributed by atoms with Crippen LogP contribution in [0.4, 0.5) is 0 Å². The molecule has 0 aliphatic heterocycles. The van der Waals surface area contributed by atoms with Crippen molar-refractivity contribution in [2.24, 2.45) is 0 Å². The zero-order valence-corrected chi connectivity index (χ0v) is 13.5. The number of rotatable bonds is 5. The van der Waals surface area contributed by atoms with E-state index in [9.17, 15) is 4.79 Å². The summed E-state index contributed by atoms with van der Waals surface area (Å²) in [7, 11) is 0. The first kappa shape index (κ1) is 15.2. The Kier molecular flexibility index (Phi) is 4.68. The molecule has 1 aromatic heterocycles. The zero-order chi connectivity index (χ0) is 16.1. The number of thiazole rings is 1. The number of aromatic nitrogens is 1. The van der Waals surface area contributed by atoms with Crippen LogP contribution in [0.2, 0.25) is 0 Å². The lowest BCUT2D eigenvalue weighted by molar-refractivity contribution is 0.0951. The van der Waals surface area contributed by atoms with Crippen LogP contribution < -0.4 is 10.1 Å². The van der Waals surface area contributed by atoms with E-state index >= 15 is 0 Å². The molecule has 0 radical (unpaired) electrons. The molecule has 5 heteroatoms. The van der Waals surface area contributed by atoms with Gasteiger partial charge in [-0.1, -0.05) is 41.2 Å². The van der Waals surface area contributed by atoms with Crippen molar-refractivity contribution >= 4 is 17.2 Å². The molecular weight excluding hydrogens is 308 g/mol. The average molecular weight is 324 g/mol. The molecule has 0 bridgehead atoms. The van der Waals surface area contributed by atoms with Gasteiger partial charge in [0.2, 0.25) is 0 Å². The number of benzene rings is 2. The summed E-state index contributed by atoms with van der Waals surface area (Å²) in [4.78, 5) is 16.2. The monoisotopic (exact) mass is 324 g/mol. The molecule has 1 N–H and O–H groups in total. The summed E-state index contributed by atoms with van der Waals surface area (Å²) in [6.45, 7) is 2.55. The zero-order valence-electron chi connectivity index (χ0n) is 12.7. The Morgan fingerprint density at radius 1 is 1.13 bits per heavy atom. The highest BCUT2D eigenvalue weighted by molar-refractivity contribution is 7.11. The van der Waals surface area contributed by atoms with E-state index in [1.165, 1.54) is 16.9 Å². The number of nitrogens with zero attached hydrogens (tertiary/aromatic N) is 1. The lowest BCUT2D eigenvalue weighted by Crippen LogP contribution is -2.22. The van der Waals surface area contributed by atoms with Crippen molar-refractivity contribution < 1.29 is 9.53 Å². The molecule has 23 heavy (non-hydrogen) atoms. The van der Waals surface area contributed by atoms with E-state index in [2.05, 4.69) is 10.3 Å². The van der Waals surface area contributed by atoms with Crippen LogP contribution in [0, 0.1) is 6.92 Å². The molecule has 2 aromatic carbocycles. The van der Waals surface area contributed by atoms with E-state index in [0.29, 0.717) is 23.1 Å². The third-order valence-corrected chi connectivity index (χ3v) is 3.95. The predicted molar refractivity (Wildman–Crippen MR) is 91.0 cm³/mol. The molecule has 0 saturated heterocycles. The van der Waals surface area contributed by atoms with Gasteiger partial charge < -0.3 is 10.1 Å². The summed E-state index contributed by atoms with van der Waals surface area (Å²) in [6, 6.07) is 15.1. The summed E-state index contributed by atoms with van der Waals surface area (Å²) < 4.78 is 5.57. The van der Waals surface area contributed by atoms with Gasteiger partial charge in [0, 0.05) is 23.7 Å². The molecule has 3 aromatic rings. The van der Waals surface area contributed by atoms with Gasteiger partial charge >= 0.3 is 0 Å². The first-order valence-corrected chi connectivity index (χ1v) is 8.10. The van der Waals surface area contributed by atoms with Crippen LogP contribution in [0.3, 0.4) is 0 Å². The maximum Gasteiger partial charge on any atom is 0.278 e. The van der Waals surface area contributed by atoms with Crippen molar-refractivity contribution in [3.8, 4) is 10.9 Å². The van der Waals surface area contributed by atoms with Crippen LogP contribution in [0.5, 0.6) is 10.9 Å². The van der Waals surface area contributed by atoms with Gasteiger partial charge in [-0.15, -0.1) is 0 Å². The van der Waals surface area contributed by atoms with Crippen molar-refractivity contribution in [1.29, 1.82) is 0 Å². The van der Waals surface area contributed by atoms with Crippen molar-refractivity contribution in [3.63, 3.8) is 0 Å². The Morgan fingerprint density at radius 2 is 1.87 bits per heavy atom. The fourth-order valence-electron chi connectivity index (χ4n) is 2.03. The van der Waals surface area contributed by atoms with Gasteiger partial charge in [-0.3, -0.25) is 4.79 Å². The number of hydrogen-bond donors (Lipinski definition) is 1. The predicted octanol–water partition coefficient (Wildman–Crippen LogP) is 4.17. The number of aryl methyl sites for hydroxylation is 1. The number of carbonyl (C=O) groups is 1. The fourth-order valence-corrected chi connectivity index (χ4v) is 2.53. The van der Waals surface area contributed by atoms with Crippen LogP contribution in [-0.4, -0.2) is 10.9 Å². The Bertz CT molecular complexity index is 766. The molecule has 3 rings (SSSR count). The second-order valence-corrected chi connectivity index (χ2v) is 5.95. The van der Waals surface area contributed by atoms with Gasteiger partial charge in [-0.05, 0) is 36.8 Å². The van der Waals surface area contributed by atoms with Gasteiger partial charge in [-0.25, -0.2) is 4.98 Å². The SMILES string of the molecule is Cc1ccc(CNC(=O)c2ccc(Oc3nccs3)cc2)cc1. The first-order valence-electron chi connectivity index (χ1n) is 7.22. The van der Waals surface area contributed by atoms with Gasteiger partial charge in [0.1, 0.15) is 5.75 Å². The highest BCUT2D eigenvalue weighted by atomic mass is 32.1. The largest absolute Gasteiger partial charge is 0.431 e. The van der Waals surface area contributed by atoms with Crippen LogP contribution >= 0.6 is 11.3 Å². The molecule has 4 nitrogen and oxygen atoms in total. The quantitative estimate of drug-likeness (QED) is 0.766. The number of ether oxygens (including phenoxy) is 1. The summed E-state index contributed by atoms with van der Waals surface area (Å²) in [6.07, 6.45) is 1.69. The summed E-state index contributed by atoms with van der Waals surface area (Å²) in [5, 5.41) is 5.34. The van der Waals surface area contributed by atoms with Crippen molar-refractivity contribution in [1.82, 2.24) is 10.3 Å². The van der Waals surface area contributed by atoms with Gasteiger partial charge in [0.25, 0.3) is 11.1 Å². The molecule has 0 unspecified atom stereocenters. The Labute approximate surface area is 138 Å². The van der Waals surface area contributed by atoms with E-state index < -0.39 is 0 Å². The fraction of sp³-hybridized carbons (Fsp3) is 0.111. The lowest BCUT2D eigenvalue weighted by atomic mass is 10.1. The maximum atomic E-state index is 12.2. The molecule has 1 heterocycles. The topological polar surface area (TPSA) is 51.2 Å². The minimum atomic E-state index is -0.105. The minimum absolute atomic E-state index is 0.105. The van der Waals surface area contributed by atoms with Crippen LogP contribution in [0.25, 0.3) is 0 Å². The summed E-state index contributed by atoms with van der Waals surface area (Å²) >= 11 is 1.42. The molecule has 0 aliphatic rings. The van der Waals surface area contributed by atoms with Crippen molar-refractivity contribution in [2.75, 3.05) is 0 Å². The van der Waals surface area contributed by atoms with E-state index in [-0.39, 0.29) is 5.91 Å². The molecule has 0 saturated carbocycles. The second-order valence-electron chi connectivity index (χ2n) is 5.09. The molecule has 0 atom stereocenters. The van der Waals surface area contributed by atoms with E-state index in [1.807, 2.05) is 36.6 Å². The average Bonchev–Trinajstić information content (AvgIpc) is 3.08. The summed E-state index contributed by atoms with van der Waals surface area (Å²) in [5.41, 5.74) is 2.88. The summed E-state index contributed by atoms with van der Waals surface area (Å²) in [5.74, 6) is 0.557. The van der Waals surface area contributed by atoms with E-state index in [4.69, 9.17) is 4.74 Å². The lowest BCUT2D eigenvalue weighted by Gasteiger charge is -2.07. The van der Waals surface area contributed by atoms with Crippen molar-refractivity contribution in [3.05, 3.63) is 76.8 Å². The Balaban J connectivity index is 1.58. The standard InChI is InChI=1S/C18H16N2O2S/c1-13-2-4-14(5-3-13)12-20-17(21)15-6-8-16(9-7-15)22-18-19-10-11-23-18/h2-11H,12H2,1H3,(H,20,21). The Hall–Kier alpha value is -2.66. The molecular formula is C18H16N2O2S. The molecule has 1 amide bonds. The van der Waals surface area contributed by atoms with Crippen LogP contribution in [-0.2, 0) is 6.54 Å². The first-order chi connectivity index (χ1) is 11.2. The van der Waals surface area contributed by atoms with Gasteiger partial charge in [0.15, 0.2) is 0 Å².